The van der Waals surface area contributed by atoms with Crippen molar-refractivity contribution in [2.24, 2.45) is 4.99 Å². The molecule has 0 saturated carbocycles. The van der Waals surface area contributed by atoms with Crippen molar-refractivity contribution in [2.75, 3.05) is 6.54 Å². The van der Waals surface area contributed by atoms with Crippen molar-refractivity contribution in [3.63, 3.8) is 0 Å². The predicted molar refractivity (Wildman–Crippen MR) is 58.0 cm³/mol. The average Bonchev–Trinajstić information content (AvgIpc) is 2.18. The van der Waals surface area contributed by atoms with Gasteiger partial charge in [-0.2, -0.15) is 0 Å². The Morgan fingerprint density at radius 1 is 1.46 bits per heavy atom. The van der Waals surface area contributed by atoms with Crippen LogP contribution in [0, 0.1) is 0 Å². The Bertz CT molecular complexity index is 471. The first-order valence-electron chi connectivity index (χ1n) is 4.27. The molecule has 13 heavy (non-hydrogen) atoms. The van der Waals surface area contributed by atoms with Gasteiger partial charge in [0.1, 0.15) is 0 Å². The van der Waals surface area contributed by atoms with Gasteiger partial charge in [0.25, 0.3) is 0 Å². The molecule has 0 saturated heterocycles. The molecule has 0 unspecified atom stereocenters. The molecule has 1 nitrogen and oxygen atoms in total. The van der Waals surface area contributed by atoms with Crippen molar-refractivity contribution in [1.82, 2.24) is 0 Å². The molecule has 1 aliphatic heterocycles. The summed E-state index contributed by atoms with van der Waals surface area (Å²) in [6, 6.07) is 6.15. The molecule has 2 heteroatoms. The van der Waals surface area contributed by atoms with Gasteiger partial charge in [0.2, 0.25) is 0 Å². The highest BCUT2D eigenvalue weighted by atomic mass is 79.9. The van der Waals surface area contributed by atoms with Crippen LogP contribution in [0.15, 0.2) is 39.3 Å². The second-order valence-electron chi connectivity index (χ2n) is 3.00. The van der Waals surface area contributed by atoms with Gasteiger partial charge in [-0.15, -0.1) is 0 Å². The topological polar surface area (TPSA) is 12.4 Å². The van der Waals surface area contributed by atoms with Crippen molar-refractivity contribution in [3.05, 3.63) is 44.9 Å². The van der Waals surface area contributed by atoms with Crippen molar-refractivity contribution in [1.29, 1.82) is 0 Å². The molecule has 0 amide bonds. The summed E-state index contributed by atoms with van der Waals surface area (Å²) in [4.78, 5) is 4.50. The third-order valence-electron chi connectivity index (χ3n) is 2.15. The van der Waals surface area contributed by atoms with E-state index in [2.05, 4.69) is 39.1 Å². The van der Waals surface area contributed by atoms with Crippen LogP contribution in [-0.2, 0) is 0 Å². The van der Waals surface area contributed by atoms with Gasteiger partial charge in [0.15, 0.2) is 0 Å². The van der Waals surface area contributed by atoms with Crippen LogP contribution in [0.25, 0.3) is 6.08 Å². The summed E-state index contributed by atoms with van der Waals surface area (Å²) in [5, 5.41) is 2.28. The minimum Gasteiger partial charge on any atom is -0.279 e. The van der Waals surface area contributed by atoms with Crippen LogP contribution in [0.3, 0.4) is 0 Å². The predicted octanol–water partition coefficient (Wildman–Crippen LogP) is 1.81. The normalized spacial score (nSPS) is 17.5. The number of nitrogens with zero attached hydrogens (tertiary/aromatic N) is 1. The zero-order valence-corrected chi connectivity index (χ0v) is 9.01. The van der Waals surface area contributed by atoms with Crippen molar-refractivity contribution >= 4 is 22.0 Å². The summed E-state index contributed by atoms with van der Waals surface area (Å²) in [7, 11) is 0. The van der Waals surface area contributed by atoms with Crippen LogP contribution in [0.1, 0.15) is 6.92 Å². The van der Waals surface area contributed by atoms with E-state index in [4.69, 9.17) is 0 Å². The van der Waals surface area contributed by atoms with Gasteiger partial charge < -0.3 is 0 Å². The first kappa shape index (κ1) is 8.70. The number of hydrogen-bond acceptors (Lipinski definition) is 1. The highest BCUT2D eigenvalue weighted by Crippen LogP contribution is 2.03. The Balaban J connectivity index is 2.77. The molecule has 0 radical (unpaired) electrons. The fourth-order valence-electron chi connectivity index (χ4n) is 1.41. The van der Waals surface area contributed by atoms with Crippen molar-refractivity contribution in [2.45, 2.75) is 6.92 Å². The lowest BCUT2D eigenvalue weighted by Crippen LogP contribution is -2.29. The van der Waals surface area contributed by atoms with Crippen LogP contribution < -0.4 is 10.6 Å². The second-order valence-corrected chi connectivity index (χ2v) is 3.86. The van der Waals surface area contributed by atoms with Gasteiger partial charge in [0.05, 0.1) is 11.9 Å². The lowest BCUT2D eigenvalue weighted by atomic mass is 10.1. The molecule has 0 aromatic heterocycles. The minimum absolute atomic E-state index is 0.798. The van der Waals surface area contributed by atoms with Crippen LogP contribution in [0.4, 0.5) is 0 Å². The van der Waals surface area contributed by atoms with E-state index >= 15 is 0 Å². The van der Waals surface area contributed by atoms with Crippen LogP contribution >= 0.6 is 15.9 Å². The highest BCUT2D eigenvalue weighted by Gasteiger charge is 2.00. The van der Waals surface area contributed by atoms with Crippen LogP contribution in [0.5, 0.6) is 0 Å². The zero-order valence-electron chi connectivity index (χ0n) is 7.42. The first-order chi connectivity index (χ1) is 6.31. The molecular weight excluding hydrogens is 226 g/mol. The average molecular weight is 236 g/mol. The van der Waals surface area contributed by atoms with Gasteiger partial charge in [0, 0.05) is 9.69 Å². The fourth-order valence-corrected chi connectivity index (χ4v) is 1.91. The van der Waals surface area contributed by atoms with E-state index in [0.29, 0.717) is 0 Å². The molecule has 2 rings (SSSR count). The van der Waals surface area contributed by atoms with E-state index in [1.54, 1.807) is 0 Å². The highest BCUT2D eigenvalue weighted by molar-refractivity contribution is 9.10. The maximum atomic E-state index is 4.50. The molecule has 0 atom stereocenters. The summed E-state index contributed by atoms with van der Waals surface area (Å²) in [6.07, 6.45) is 4.29. The molecule has 1 aliphatic rings. The number of rotatable bonds is 0. The van der Waals surface area contributed by atoms with E-state index in [1.165, 1.54) is 10.8 Å². The molecule has 1 heterocycles. The molecular formula is C11H10BrN. The van der Waals surface area contributed by atoms with Gasteiger partial charge in [-0.25, -0.2) is 0 Å². The van der Waals surface area contributed by atoms with Gasteiger partial charge in [-0.1, -0.05) is 18.2 Å². The summed E-state index contributed by atoms with van der Waals surface area (Å²) in [5.41, 5.74) is 1.28. The number of hydrogen-bond donors (Lipinski definition) is 0. The Hall–Kier alpha value is -0.890. The monoisotopic (exact) mass is 235 g/mol. The zero-order chi connectivity index (χ0) is 9.26. The molecule has 0 bridgehead atoms. The number of halogens is 1. The Morgan fingerprint density at radius 3 is 3.08 bits per heavy atom. The molecule has 1 aromatic rings. The minimum atomic E-state index is 0.798. The van der Waals surface area contributed by atoms with E-state index in [0.717, 1.165) is 16.4 Å². The van der Waals surface area contributed by atoms with Gasteiger partial charge in [-0.05, 0) is 40.6 Å². The number of benzene rings is 1. The lowest BCUT2D eigenvalue weighted by Gasteiger charge is -2.04. The van der Waals surface area contributed by atoms with E-state index in [1.807, 2.05) is 19.1 Å². The molecule has 1 aromatic carbocycles. The van der Waals surface area contributed by atoms with Crippen molar-refractivity contribution < 1.29 is 0 Å². The molecule has 0 fully saturated rings. The third kappa shape index (κ3) is 1.59. The van der Waals surface area contributed by atoms with E-state index in [-0.39, 0.29) is 0 Å². The van der Waals surface area contributed by atoms with E-state index in [9.17, 15) is 0 Å². The summed E-state index contributed by atoms with van der Waals surface area (Å²) in [5.74, 6) is 0. The largest absolute Gasteiger partial charge is 0.279 e. The van der Waals surface area contributed by atoms with Gasteiger partial charge in [-0.3, -0.25) is 4.99 Å². The molecule has 0 N–H and O–H groups in total. The first-order valence-corrected chi connectivity index (χ1v) is 5.06. The van der Waals surface area contributed by atoms with Crippen LogP contribution in [-0.4, -0.2) is 6.54 Å². The Labute approximate surface area is 85.6 Å². The Kier molecular flexibility index (Phi) is 2.32. The number of para-hydroxylation sites is 1. The molecule has 66 valence electrons. The van der Waals surface area contributed by atoms with Crippen LogP contribution in [0.2, 0.25) is 0 Å². The van der Waals surface area contributed by atoms with E-state index < -0.39 is 0 Å². The third-order valence-corrected chi connectivity index (χ3v) is 2.79. The molecule has 0 aliphatic carbocycles. The van der Waals surface area contributed by atoms with Gasteiger partial charge >= 0.3 is 0 Å². The SMILES string of the molecule is C/C=C1\C=c2cccc(Br)c2=NC1. The maximum Gasteiger partial charge on any atom is 0.0792 e. The standard InChI is InChI=1S/C11H10BrN/c1-2-8-6-9-4-3-5-10(12)11(9)13-7-8/h2-6H,7H2,1H3/b8-2+. The second kappa shape index (κ2) is 3.46. The van der Waals surface area contributed by atoms with Crippen molar-refractivity contribution in [3.8, 4) is 0 Å². The summed E-state index contributed by atoms with van der Waals surface area (Å²) < 4.78 is 1.08. The Morgan fingerprint density at radius 2 is 2.31 bits per heavy atom. The lowest BCUT2D eigenvalue weighted by molar-refractivity contribution is 1.07. The number of fused-ring (bicyclic) bond motifs is 1. The summed E-state index contributed by atoms with van der Waals surface area (Å²) in [6.45, 7) is 2.84. The maximum absolute atomic E-state index is 4.50. The quantitative estimate of drug-likeness (QED) is 0.651. The smallest absolute Gasteiger partial charge is 0.0792 e. The molecule has 0 spiro atoms. The fraction of sp³-hybridized carbons (Fsp3) is 0.182. The number of allylic oxidation sites excluding steroid dienone is 1. The summed E-state index contributed by atoms with van der Waals surface area (Å²) >= 11 is 3.49.